The van der Waals surface area contributed by atoms with E-state index in [0.29, 0.717) is 0 Å². The molecule has 1 fully saturated rings. The Kier molecular flexibility index (Phi) is 4.84. The average molecular weight is 411 g/mol. The van der Waals surface area contributed by atoms with E-state index in [9.17, 15) is 4.79 Å². The summed E-state index contributed by atoms with van der Waals surface area (Å²) in [7, 11) is 0. The largest absolute Gasteiger partial charge is 0.356 e. The van der Waals surface area contributed by atoms with Crippen LogP contribution in [0.3, 0.4) is 0 Å². The first-order valence-corrected chi connectivity index (χ1v) is 9.51. The third kappa shape index (κ3) is 3.55. The van der Waals surface area contributed by atoms with Gasteiger partial charge in [-0.1, -0.05) is 34.1 Å². The minimum Gasteiger partial charge on any atom is -0.356 e. The van der Waals surface area contributed by atoms with Gasteiger partial charge in [0.15, 0.2) is 0 Å². The maximum atomic E-state index is 12.5. The molecule has 6 heteroatoms. The molecule has 0 saturated carbocycles. The smallest absolute Gasteiger partial charge is 0.227 e. The first kappa shape index (κ1) is 17.0. The van der Waals surface area contributed by atoms with E-state index in [1.807, 2.05) is 42.5 Å². The number of rotatable bonds is 3. The summed E-state index contributed by atoms with van der Waals surface area (Å²) in [6.07, 6.45) is 3.25. The lowest BCUT2D eigenvalue weighted by molar-refractivity contribution is -0.120. The van der Waals surface area contributed by atoms with E-state index in [1.54, 1.807) is 6.33 Å². The van der Waals surface area contributed by atoms with Crippen molar-refractivity contribution in [3.8, 4) is 0 Å². The predicted molar refractivity (Wildman–Crippen MR) is 107 cm³/mol. The van der Waals surface area contributed by atoms with Gasteiger partial charge in [0, 0.05) is 34.6 Å². The molecule has 5 nitrogen and oxygen atoms in total. The molecule has 3 aromatic rings. The fourth-order valence-electron chi connectivity index (χ4n) is 3.39. The van der Waals surface area contributed by atoms with Crippen LogP contribution in [0, 0.1) is 5.92 Å². The highest BCUT2D eigenvalue weighted by atomic mass is 79.9. The molecule has 2 aromatic carbocycles. The van der Waals surface area contributed by atoms with Crippen molar-refractivity contribution in [3.05, 3.63) is 59.3 Å². The lowest BCUT2D eigenvalue weighted by Gasteiger charge is -2.32. The molecule has 0 aliphatic carbocycles. The molecule has 1 saturated heterocycles. The second-order valence-corrected chi connectivity index (χ2v) is 7.39. The van der Waals surface area contributed by atoms with Gasteiger partial charge in [-0.15, -0.1) is 0 Å². The Morgan fingerprint density at radius 3 is 2.62 bits per heavy atom. The fourth-order valence-corrected chi connectivity index (χ4v) is 3.75. The highest BCUT2D eigenvalue weighted by Gasteiger charge is 2.26. The number of piperidine rings is 1. The van der Waals surface area contributed by atoms with E-state index < -0.39 is 0 Å². The van der Waals surface area contributed by atoms with Crippen molar-refractivity contribution >= 4 is 44.2 Å². The van der Waals surface area contributed by atoms with Crippen LogP contribution in [-0.2, 0) is 4.79 Å². The molecule has 132 valence electrons. The molecule has 1 N–H and O–H groups in total. The maximum Gasteiger partial charge on any atom is 0.227 e. The van der Waals surface area contributed by atoms with Crippen LogP contribution >= 0.6 is 15.9 Å². The number of halogens is 1. The molecule has 2 heterocycles. The molecular weight excluding hydrogens is 392 g/mol. The second kappa shape index (κ2) is 7.41. The van der Waals surface area contributed by atoms with Gasteiger partial charge in [0.2, 0.25) is 5.91 Å². The summed E-state index contributed by atoms with van der Waals surface area (Å²) in [5, 5.41) is 4.05. The van der Waals surface area contributed by atoms with E-state index in [2.05, 4.69) is 42.2 Å². The molecule has 1 amide bonds. The van der Waals surface area contributed by atoms with E-state index in [0.717, 1.165) is 52.8 Å². The number of nitrogens with one attached hydrogen (secondary N) is 1. The molecule has 0 unspecified atom stereocenters. The van der Waals surface area contributed by atoms with Crippen molar-refractivity contribution < 1.29 is 4.79 Å². The molecule has 0 atom stereocenters. The van der Waals surface area contributed by atoms with Crippen LogP contribution in [0.2, 0.25) is 0 Å². The highest BCUT2D eigenvalue weighted by Crippen LogP contribution is 2.29. The van der Waals surface area contributed by atoms with Gasteiger partial charge in [-0.05, 0) is 43.2 Å². The monoisotopic (exact) mass is 410 g/mol. The van der Waals surface area contributed by atoms with Crippen LogP contribution in [0.15, 0.2) is 59.3 Å². The molecule has 1 aromatic heterocycles. The summed E-state index contributed by atoms with van der Waals surface area (Å²) in [5.41, 5.74) is 1.79. The molecule has 0 bridgehead atoms. The van der Waals surface area contributed by atoms with Gasteiger partial charge >= 0.3 is 0 Å². The Balaban J connectivity index is 1.45. The van der Waals surface area contributed by atoms with Crippen LogP contribution in [0.5, 0.6) is 0 Å². The number of para-hydroxylation sites is 1. The minimum atomic E-state index is 0.0336. The molecule has 1 aliphatic heterocycles. The van der Waals surface area contributed by atoms with E-state index in [4.69, 9.17) is 0 Å². The van der Waals surface area contributed by atoms with Crippen LogP contribution < -0.4 is 10.2 Å². The molecule has 26 heavy (non-hydrogen) atoms. The Labute approximate surface area is 160 Å². The standard InChI is InChI=1S/C20H19BrN4O/c21-15-6-7-18-17(12-15)19(23-13-22-18)25-10-8-14(9-11-25)20(26)24-16-4-2-1-3-5-16/h1-7,12-14H,8-11H2,(H,24,26). The zero-order valence-corrected chi connectivity index (χ0v) is 15.8. The Hall–Kier alpha value is -2.47. The van der Waals surface area contributed by atoms with Gasteiger partial charge in [0.1, 0.15) is 12.1 Å². The number of hydrogen-bond acceptors (Lipinski definition) is 4. The van der Waals surface area contributed by atoms with Gasteiger partial charge in [-0.3, -0.25) is 4.79 Å². The second-order valence-electron chi connectivity index (χ2n) is 6.48. The van der Waals surface area contributed by atoms with Crippen molar-refractivity contribution in [2.45, 2.75) is 12.8 Å². The SMILES string of the molecule is O=C(Nc1ccccc1)C1CCN(c2ncnc3ccc(Br)cc23)CC1. The molecular formula is C20H19BrN4O. The number of fused-ring (bicyclic) bond motifs is 1. The van der Waals surface area contributed by atoms with Crippen molar-refractivity contribution in [2.24, 2.45) is 5.92 Å². The highest BCUT2D eigenvalue weighted by molar-refractivity contribution is 9.10. The number of hydrogen-bond donors (Lipinski definition) is 1. The quantitative estimate of drug-likeness (QED) is 0.700. The summed E-state index contributed by atoms with van der Waals surface area (Å²) < 4.78 is 1.01. The van der Waals surface area contributed by atoms with Crippen LogP contribution in [0.1, 0.15) is 12.8 Å². The van der Waals surface area contributed by atoms with Crippen LogP contribution in [-0.4, -0.2) is 29.0 Å². The number of carbonyl (C=O) groups excluding carboxylic acids is 1. The Bertz CT molecular complexity index is 924. The first-order chi connectivity index (χ1) is 12.7. The van der Waals surface area contributed by atoms with E-state index in [-0.39, 0.29) is 11.8 Å². The van der Waals surface area contributed by atoms with Crippen molar-refractivity contribution in [1.82, 2.24) is 9.97 Å². The Morgan fingerprint density at radius 2 is 1.85 bits per heavy atom. The number of anilines is 2. The van der Waals surface area contributed by atoms with Gasteiger partial charge < -0.3 is 10.2 Å². The van der Waals surface area contributed by atoms with Crippen molar-refractivity contribution in [3.63, 3.8) is 0 Å². The van der Waals surface area contributed by atoms with Crippen LogP contribution in [0.25, 0.3) is 10.9 Å². The molecule has 0 spiro atoms. The summed E-state index contributed by atoms with van der Waals surface area (Å²) in [6.45, 7) is 1.62. The molecule has 4 rings (SSSR count). The summed E-state index contributed by atoms with van der Waals surface area (Å²) >= 11 is 3.52. The summed E-state index contributed by atoms with van der Waals surface area (Å²) in [4.78, 5) is 23.6. The number of benzene rings is 2. The zero-order chi connectivity index (χ0) is 17.9. The minimum absolute atomic E-state index is 0.0336. The number of amides is 1. The average Bonchev–Trinajstić information content (AvgIpc) is 2.68. The van der Waals surface area contributed by atoms with Crippen molar-refractivity contribution in [1.29, 1.82) is 0 Å². The number of nitrogens with zero attached hydrogens (tertiary/aromatic N) is 3. The van der Waals surface area contributed by atoms with E-state index >= 15 is 0 Å². The fraction of sp³-hybridized carbons (Fsp3) is 0.250. The van der Waals surface area contributed by atoms with Gasteiger partial charge in [-0.25, -0.2) is 9.97 Å². The summed E-state index contributed by atoms with van der Waals surface area (Å²) in [6, 6.07) is 15.7. The van der Waals surface area contributed by atoms with Gasteiger partial charge in [0.25, 0.3) is 0 Å². The number of carbonyl (C=O) groups is 1. The summed E-state index contributed by atoms with van der Waals surface area (Å²) in [5.74, 6) is 1.08. The first-order valence-electron chi connectivity index (χ1n) is 8.72. The maximum absolute atomic E-state index is 12.5. The van der Waals surface area contributed by atoms with Gasteiger partial charge in [-0.2, -0.15) is 0 Å². The Morgan fingerprint density at radius 1 is 1.08 bits per heavy atom. The molecule has 0 radical (unpaired) electrons. The molecule has 1 aliphatic rings. The third-order valence-electron chi connectivity index (χ3n) is 4.78. The van der Waals surface area contributed by atoms with E-state index in [1.165, 1.54) is 0 Å². The van der Waals surface area contributed by atoms with Crippen LogP contribution in [0.4, 0.5) is 11.5 Å². The zero-order valence-electron chi connectivity index (χ0n) is 14.2. The third-order valence-corrected chi connectivity index (χ3v) is 5.28. The lowest BCUT2D eigenvalue weighted by atomic mass is 9.95. The van der Waals surface area contributed by atoms with Crippen molar-refractivity contribution in [2.75, 3.05) is 23.3 Å². The topological polar surface area (TPSA) is 58.1 Å². The number of aromatic nitrogens is 2. The predicted octanol–water partition coefficient (Wildman–Crippen LogP) is 4.25. The lowest BCUT2D eigenvalue weighted by Crippen LogP contribution is -2.38. The normalized spacial score (nSPS) is 15.2. The van der Waals surface area contributed by atoms with Gasteiger partial charge in [0.05, 0.1) is 5.52 Å².